The largest absolute Gasteiger partial charge is 0.384 e. The summed E-state index contributed by atoms with van der Waals surface area (Å²) in [4.78, 5) is 12.2. The monoisotopic (exact) mass is 302 g/mol. The molecule has 2 N–H and O–H groups in total. The van der Waals surface area contributed by atoms with Gasteiger partial charge in [-0.15, -0.1) is 6.58 Å². The minimum atomic E-state index is -0.0247. The SMILES string of the molecule is C=CCNC(=C)[C@H](CC(C)C)NC(=O)CCC1=CCCC=C1. The molecule has 1 atom stereocenters. The fourth-order valence-corrected chi connectivity index (χ4v) is 2.46. The van der Waals surface area contributed by atoms with E-state index in [0.29, 0.717) is 18.9 Å². The first-order valence-electron chi connectivity index (χ1n) is 8.21. The molecule has 1 rings (SSSR count). The second-order valence-electron chi connectivity index (χ2n) is 6.20. The third kappa shape index (κ3) is 7.30. The van der Waals surface area contributed by atoms with E-state index in [9.17, 15) is 4.79 Å². The van der Waals surface area contributed by atoms with Gasteiger partial charge in [-0.25, -0.2) is 0 Å². The Labute approximate surface area is 135 Å². The number of hydrogen-bond donors (Lipinski definition) is 2. The van der Waals surface area contributed by atoms with Crippen LogP contribution in [0.3, 0.4) is 0 Å². The maximum Gasteiger partial charge on any atom is 0.220 e. The molecule has 0 spiro atoms. The predicted octanol–water partition coefficient (Wildman–Crippen LogP) is 3.86. The molecule has 0 aromatic rings. The van der Waals surface area contributed by atoms with Gasteiger partial charge in [0.2, 0.25) is 5.91 Å². The highest BCUT2D eigenvalue weighted by Gasteiger charge is 2.17. The molecule has 0 bridgehead atoms. The van der Waals surface area contributed by atoms with Crippen molar-refractivity contribution in [3.63, 3.8) is 0 Å². The van der Waals surface area contributed by atoms with Crippen molar-refractivity contribution in [2.45, 2.75) is 52.0 Å². The smallest absolute Gasteiger partial charge is 0.220 e. The quantitative estimate of drug-likeness (QED) is 0.602. The molecule has 1 amide bonds. The first-order chi connectivity index (χ1) is 10.5. The first kappa shape index (κ1) is 18.3. The Bertz CT molecular complexity index is 446. The average molecular weight is 302 g/mol. The molecule has 3 nitrogen and oxygen atoms in total. The van der Waals surface area contributed by atoms with Gasteiger partial charge in [-0.05, 0) is 31.6 Å². The van der Waals surface area contributed by atoms with Crippen molar-refractivity contribution in [2.75, 3.05) is 6.54 Å². The van der Waals surface area contributed by atoms with Crippen LogP contribution in [-0.4, -0.2) is 18.5 Å². The molecule has 122 valence electrons. The van der Waals surface area contributed by atoms with Crippen molar-refractivity contribution in [3.05, 3.63) is 48.7 Å². The van der Waals surface area contributed by atoms with Gasteiger partial charge in [0, 0.05) is 18.7 Å². The molecule has 0 fully saturated rings. The summed E-state index contributed by atoms with van der Waals surface area (Å²) in [6.07, 6.45) is 12.8. The minimum absolute atomic E-state index is 0.0247. The third-order valence-corrected chi connectivity index (χ3v) is 3.65. The van der Waals surface area contributed by atoms with Crippen LogP contribution in [0.5, 0.6) is 0 Å². The number of nitrogens with one attached hydrogen (secondary N) is 2. The van der Waals surface area contributed by atoms with Crippen molar-refractivity contribution in [3.8, 4) is 0 Å². The number of allylic oxidation sites excluding steroid dienone is 4. The summed E-state index contributed by atoms with van der Waals surface area (Å²) in [5.41, 5.74) is 2.13. The van der Waals surface area contributed by atoms with Gasteiger partial charge in [0.15, 0.2) is 0 Å². The molecule has 3 heteroatoms. The van der Waals surface area contributed by atoms with E-state index in [1.165, 1.54) is 5.57 Å². The van der Waals surface area contributed by atoms with Gasteiger partial charge >= 0.3 is 0 Å². The zero-order valence-corrected chi connectivity index (χ0v) is 14.0. The summed E-state index contributed by atoms with van der Waals surface area (Å²) in [6, 6.07) is -0.0247. The maximum atomic E-state index is 12.2. The second-order valence-corrected chi connectivity index (χ2v) is 6.20. The lowest BCUT2D eigenvalue weighted by Gasteiger charge is -2.23. The normalized spacial score (nSPS) is 15.1. The van der Waals surface area contributed by atoms with E-state index >= 15 is 0 Å². The van der Waals surface area contributed by atoms with Crippen molar-refractivity contribution in [2.24, 2.45) is 5.92 Å². The van der Waals surface area contributed by atoms with E-state index in [1.54, 1.807) is 6.08 Å². The van der Waals surface area contributed by atoms with E-state index in [0.717, 1.165) is 31.4 Å². The van der Waals surface area contributed by atoms with Crippen LogP contribution in [0, 0.1) is 5.92 Å². The van der Waals surface area contributed by atoms with Gasteiger partial charge in [0.1, 0.15) is 0 Å². The molecule has 0 heterocycles. The molecule has 0 aliphatic heterocycles. The van der Waals surface area contributed by atoms with Crippen LogP contribution in [-0.2, 0) is 4.79 Å². The van der Waals surface area contributed by atoms with Gasteiger partial charge in [-0.2, -0.15) is 0 Å². The molecule has 0 aromatic heterocycles. The van der Waals surface area contributed by atoms with E-state index in [-0.39, 0.29) is 11.9 Å². The number of carbonyl (C=O) groups is 1. The lowest BCUT2D eigenvalue weighted by atomic mass is 10.00. The lowest BCUT2D eigenvalue weighted by molar-refractivity contribution is -0.121. The van der Waals surface area contributed by atoms with Crippen LogP contribution < -0.4 is 10.6 Å². The van der Waals surface area contributed by atoms with E-state index < -0.39 is 0 Å². The molecule has 0 saturated heterocycles. The Hall–Kier alpha value is -1.77. The second kappa shape index (κ2) is 10.0. The molecule has 0 saturated carbocycles. The molecular formula is C19H30N2O. The van der Waals surface area contributed by atoms with Crippen molar-refractivity contribution in [1.82, 2.24) is 10.6 Å². The van der Waals surface area contributed by atoms with Crippen LogP contribution in [0.15, 0.2) is 48.7 Å². The van der Waals surface area contributed by atoms with Gasteiger partial charge in [-0.3, -0.25) is 4.79 Å². The van der Waals surface area contributed by atoms with Crippen molar-refractivity contribution >= 4 is 5.91 Å². The highest BCUT2D eigenvalue weighted by atomic mass is 16.1. The van der Waals surface area contributed by atoms with Crippen LogP contribution in [0.4, 0.5) is 0 Å². The first-order valence-corrected chi connectivity index (χ1v) is 8.21. The summed E-state index contributed by atoms with van der Waals surface area (Å²) < 4.78 is 0. The molecule has 0 unspecified atom stereocenters. The Morgan fingerprint density at radius 2 is 2.18 bits per heavy atom. The zero-order chi connectivity index (χ0) is 16.4. The molecule has 1 aliphatic rings. The molecule has 0 aromatic carbocycles. The zero-order valence-electron chi connectivity index (χ0n) is 14.0. The fourth-order valence-electron chi connectivity index (χ4n) is 2.46. The standard InChI is InChI=1S/C19H30N2O/c1-5-13-20-16(4)18(14-15(2)3)21-19(22)12-11-17-9-7-6-8-10-17/h5,7,9-10,15,18,20H,1,4,6,8,11-14H2,2-3H3,(H,21,22)/t18-/m0/s1. The Kier molecular flexibility index (Phi) is 8.34. The van der Waals surface area contributed by atoms with Crippen LogP contribution in [0.1, 0.15) is 46.0 Å². The summed E-state index contributed by atoms with van der Waals surface area (Å²) >= 11 is 0. The number of hydrogen-bond acceptors (Lipinski definition) is 2. The van der Waals surface area contributed by atoms with Gasteiger partial charge in [-0.1, -0.05) is 50.3 Å². The van der Waals surface area contributed by atoms with Crippen molar-refractivity contribution < 1.29 is 4.79 Å². The van der Waals surface area contributed by atoms with E-state index in [2.05, 4.69) is 55.9 Å². The number of carbonyl (C=O) groups excluding carboxylic acids is 1. The van der Waals surface area contributed by atoms with Crippen molar-refractivity contribution in [1.29, 1.82) is 0 Å². The number of amides is 1. The summed E-state index contributed by atoms with van der Waals surface area (Å²) in [6.45, 7) is 12.7. The number of rotatable bonds is 10. The Morgan fingerprint density at radius 3 is 2.77 bits per heavy atom. The van der Waals surface area contributed by atoms with E-state index in [1.807, 2.05) is 0 Å². The maximum absolute atomic E-state index is 12.2. The summed E-state index contributed by atoms with van der Waals surface area (Å²) in [5.74, 6) is 0.587. The highest BCUT2D eigenvalue weighted by Crippen LogP contribution is 2.15. The topological polar surface area (TPSA) is 41.1 Å². The Morgan fingerprint density at radius 1 is 1.41 bits per heavy atom. The van der Waals surface area contributed by atoms with E-state index in [4.69, 9.17) is 0 Å². The predicted molar refractivity (Wildman–Crippen MR) is 94.4 cm³/mol. The Balaban J connectivity index is 2.47. The van der Waals surface area contributed by atoms with Gasteiger partial charge in [0.25, 0.3) is 0 Å². The van der Waals surface area contributed by atoms with Gasteiger partial charge < -0.3 is 10.6 Å². The summed E-state index contributed by atoms with van der Waals surface area (Å²) in [5, 5.41) is 6.31. The third-order valence-electron chi connectivity index (χ3n) is 3.65. The highest BCUT2D eigenvalue weighted by molar-refractivity contribution is 5.77. The summed E-state index contributed by atoms with van der Waals surface area (Å²) in [7, 11) is 0. The van der Waals surface area contributed by atoms with Crippen LogP contribution >= 0.6 is 0 Å². The average Bonchev–Trinajstić information content (AvgIpc) is 2.50. The molecule has 22 heavy (non-hydrogen) atoms. The fraction of sp³-hybridized carbons (Fsp3) is 0.526. The van der Waals surface area contributed by atoms with Crippen LogP contribution in [0.2, 0.25) is 0 Å². The molecule has 0 radical (unpaired) electrons. The lowest BCUT2D eigenvalue weighted by Crippen LogP contribution is -2.40. The molecule has 1 aliphatic carbocycles. The molecular weight excluding hydrogens is 272 g/mol. The van der Waals surface area contributed by atoms with Crippen LogP contribution in [0.25, 0.3) is 0 Å². The minimum Gasteiger partial charge on any atom is -0.384 e. The van der Waals surface area contributed by atoms with Gasteiger partial charge in [0.05, 0.1) is 6.04 Å².